The molecule has 25 heavy (non-hydrogen) atoms. The van der Waals surface area contributed by atoms with E-state index >= 15 is 0 Å². The van der Waals surface area contributed by atoms with Gasteiger partial charge >= 0.3 is 0 Å². The first-order valence-corrected chi connectivity index (χ1v) is 11.9. The third-order valence-corrected chi connectivity index (χ3v) is 6.33. The lowest BCUT2D eigenvalue weighted by Crippen LogP contribution is -2.45. The van der Waals surface area contributed by atoms with E-state index in [1.54, 1.807) is 7.05 Å². The molecule has 1 saturated carbocycles. The molecule has 11 heteroatoms. The van der Waals surface area contributed by atoms with Crippen LogP contribution in [0.15, 0.2) is 4.99 Å². The maximum Gasteiger partial charge on any atom is 0.213 e. The van der Waals surface area contributed by atoms with Crippen LogP contribution in [0.2, 0.25) is 0 Å². The molecule has 150 valence electrons. The number of sulfone groups is 1. The molecule has 0 aromatic rings. The Kier molecular flexibility index (Phi) is 11.5. The van der Waals surface area contributed by atoms with E-state index in [4.69, 9.17) is 0 Å². The summed E-state index contributed by atoms with van der Waals surface area (Å²) < 4.78 is 48.8. The van der Waals surface area contributed by atoms with Crippen LogP contribution in [0.5, 0.6) is 0 Å². The lowest BCUT2D eigenvalue weighted by molar-refractivity contribution is 0.316. The van der Waals surface area contributed by atoms with Crippen molar-refractivity contribution >= 4 is 49.8 Å². The summed E-state index contributed by atoms with van der Waals surface area (Å²) >= 11 is 0. The number of hydrogen-bond acceptors (Lipinski definition) is 5. The Morgan fingerprint density at radius 2 is 1.84 bits per heavy atom. The summed E-state index contributed by atoms with van der Waals surface area (Å²) in [6, 6.07) is -0.0840. The van der Waals surface area contributed by atoms with Gasteiger partial charge in [-0.15, -0.1) is 24.0 Å². The highest BCUT2D eigenvalue weighted by Gasteiger charge is 2.20. The normalized spacial score (nSPS) is 17.3. The van der Waals surface area contributed by atoms with Gasteiger partial charge in [-0.3, -0.25) is 4.99 Å². The van der Waals surface area contributed by atoms with Crippen molar-refractivity contribution in [3.05, 3.63) is 0 Å². The van der Waals surface area contributed by atoms with Crippen molar-refractivity contribution < 1.29 is 16.8 Å². The number of sulfonamides is 1. The Bertz CT molecular complexity index is 619. The summed E-state index contributed by atoms with van der Waals surface area (Å²) in [6.07, 6.45) is 5.05. The van der Waals surface area contributed by atoms with Crippen molar-refractivity contribution in [3.8, 4) is 0 Å². The molecule has 1 unspecified atom stereocenters. The van der Waals surface area contributed by atoms with Crippen LogP contribution in [0.3, 0.4) is 0 Å². The Morgan fingerprint density at radius 1 is 1.20 bits per heavy atom. The second-order valence-electron chi connectivity index (χ2n) is 6.43. The predicted molar refractivity (Wildman–Crippen MR) is 113 cm³/mol. The third-order valence-electron chi connectivity index (χ3n) is 4.01. The van der Waals surface area contributed by atoms with Gasteiger partial charge in [-0.1, -0.05) is 6.42 Å². The molecule has 0 aromatic carbocycles. The fourth-order valence-electron chi connectivity index (χ4n) is 2.21. The SMILES string of the molecule is CN=C(NCCS(=O)(=O)NCC1CCC1)NC(C)CCS(C)(=O)=O.I. The summed E-state index contributed by atoms with van der Waals surface area (Å²) in [5.41, 5.74) is 0. The molecule has 0 saturated heterocycles. The van der Waals surface area contributed by atoms with E-state index in [0.717, 1.165) is 12.8 Å². The molecule has 0 spiro atoms. The molecule has 1 fully saturated rings. The van der Waals surface area contributed by atoms with Crippen LogP contribution in [0.1, 0.15) is 32.6 Å². The van der Waals surface area contributed by atoms with Crippen LogP contribution >= 0.6 is 24.0 Å². The van der Waals surface area contributed by atoms with E-state index in [1.807, 2.05) is 6.92 Å². The van der Waals surface area contributed by atoms with Crippen LogP contribution in [0, 0.1) is 5.92 Å². The summed E-state index contributed by atoms with van der Waals surface area (Å²) in [4.78, 5) is 4.02. The average molecular weight is 510 g/mol. The smallest absolute Gasteiger partial charge is 0.213 e. The maximum atomic E-state index is 11.9. The second kappa shape index (κ2) is 11.5. The zero-order chi connectivity index (χ0) is 18.2. The predicted octanol–water partition coefficient (Wildman–Crippen LogP) is 0.312. The molecule has 1 aliphatic carbocycles. The molecule has 8 nitrogen and oxygen atoms in total. The molecule has 0 radical (unpaired) electrons. The number of hydrogen-bond donors (Lipinski definition) is 3. The minimum atomic E-state index is -3.29. The van der Waals surface area contributed by atoms with Gasteiger partial charge in [-0.05, 0) is 32.1 Å². The minimum Gasteiger partial charge on any atom is -0.355 e. The Balaban J connectivity index is 0.00000576. The van der Waals surface area contributed by atoms with Crippen molar-refractivity contribution in [1.29, 1.82) is 0 Å². The zero-order valence-corrected chi connectivity index (χ0v) is 19.1. The quantitative estimate of drug-likeness (QED) is 0.221. The highest BCUT2D eigenvalue weighted by Crippen LogP contribution is 2.25. The number of aliphatic imine (C=N–C) groups is 1. The Labute approximate surface area is 169 Å². The van der Waals surface area contributed by atoms with Crippen LogP contribution in [-0.4, -0.2) is 66.7 Å². The van der Waals surface area contributed by atoms with Gasteiger partial charge in [0.1, 0.15) is 9.84 Å². The fourth-order valence-corrected chi connectivity index (χ4v) is 4.00. The van der Waals surface area contributed by atoms with Crippen molar-refractivity contribution in [2.75, 3.05) is 37.9 Å². The van der Waals surface area contributed by atoms with Gasteiger partial charge < -0.3 is 10.6 Å². The number of rotatable bonds is 10. The molecular formula is C14H31IN4O4S2. The first-order chi connectivity index (χ1) is 11.1. The first-order valence-electron chi connectivity index (χ1n) is 8.23. The minimum absolute atomic E-state index is 0. The molecule has 1 atom stereocenters. The van der Waals surface area contributed by atoms with Crippen molar-refractivity contribution in [1.82, 2.24) is 15.4 Å². The monoisotopic (exact) mass is 510 g/mol. The fraction of sp³-hybridized carbons (Fsp3) is 0.929. The average Bonchev–Trinajstić information content (AvgIpc) is 2.41. The van der Waals surface area contributed by atoms with E-state index < -0.39 is 19.9 Å². The largest absolute Gasteiger partial charge is 0.355 e. The zero-order valence-electron chi connectivity index (χ0n) is 15.1. The van der Waals surface area contributed by atoms with E-state index in [0.29, 0.717) is 24.8 Å². The number of nitrogens with one attached hydrogen (secondary N) is 3. The molecular weight excluding hydrogens is 479 g/mol. The van der Waals surface area contributed by atoms with Crippen LogP contribution < -0.4 is 15.4 Å². The van der Waals surface area contributed by atoms with Gasteiger partial charge in [0.15, 0.2) is 5.96 Å². The van der Waals surface area contributed by atoms with Gasteiger partial charge in [-0.25, -0.2) is 21.6 Å². The van der Waals surface area contributed by atoms with Crippen LogP contribution in [0.4, 0.5) is 0 Å². The van der Waals surface area contributed by atoms with Gasteiger partial charge in [0.25, 0.3) is 0 Å². The highest BCUT2D eigenvalue weighted by molar-refractivity contribution is 14.0. The van der Waals surface area contributed by atoms with E-state index in [1.165, 1.54) is 12.7 Å². The summed E-state index contributed by atoms with van der Waals surface area (Å²) in [7, 11) is -4.70. The summed E-state index contributed by atoms with van der Waals surface area (Å²) in [5.74, 6) is 1.01. The third kappa shape index (κ3) is 12.0. The van der Waals surface area contributed by atoms with Crippen molar-refractivity contribution in [2.24, 2.45) is 10.9 Å². The number of nitrogens with zero attached hydrogens (tertiary/aromatic N) is 1. The number of guanidine groups is 1. The topological polar surface area (TPSA) is 117 Å². The van der Waals surface area contributed by atoms with Gasteiger partial charge in [-0.2, -0.15) is 0 Å². The van der Waals surface area contributed by atoms with E-state index in [9.17, 15) is 16.8 Å². The van der Waals surface area contributed by atoms with Gasteiger partial charge in [0, 0.05) is 32.4 Å². The second-order valence-corrected chi connectivity index (χ2v) is 10.6. The number of halogens is 1. The first kappa shape index (κ1) is 24.9. The lowest BCUT2D eigenvalue weighted by atomic mass is 9.86. The Hall–Kier alpha value is -0.140. The standard InChI is InChI=1S/C14H30N4O4S2.HI/c1-12(7-9-23(3,19)20)18-14(15-2)16-8-10-24(21,22)17-11-13-5-4-6-13;/h12-13,17H,4-11H2,1-3H3,(H2,15,16,18);1H. The van der Waals surface area contributed by atoms with E-state index in [2.05, 4.69) is 20.3 Å². The highest BCUT2D eigenvalue weighted by atomic mass is 127. The summed E-state index contributed by atoms with van der Waals surface area (Å²) in [5, 5.41) is 5.99. The van der Waals surface area contributed by atoms with Crippen molar-refractivity contribution in [3.63, 3.8) is 0 Å². The van der Waals surface area contributed by atoms with Crippen LogP contribution in [0.25, 0.3) is 0 Å². The molecule has 3 N–H and O–H groups in total. The van der Waals surface area contributed by atoms with Gasteiger partial charge in [0.05, 0.1) is 11.5 Å². The maximum absolute atomic E-state index is 11.9. The Morgan fingerprint density at radius 3 is 2.32 bits per heavy atom. The van der Waals surface area contributed by atoms with Crippen LogP contribution in [-0.2, 0) is 19.9 Å². The lowest BCUT2D eigenvalue weighted by Gasteiger charge is -2.25. The molecule has 0 aromatic heterocycles. The molecule has 0 aliphatic heterocycles. The molecule has 0 bridgehead atoms. The molecule has 0 heterocycles. The molecule has 1 aliphatic rings. The molecule has 0 amide bonds. The molecule has 1 rings (SSSR count). The van der Waals surface area contributed by atoms with Crippen molar-refractivity contribution in [2.45, 2.75) is 38.6 Å². The summed E-state index contributed by atoms with van der Waals surface area (Å²) in [6.45, 7) is 2.62. The van der Waals surface area contributed by atoms with E-state index in [-0.39, 0.29) is 48.1 Å². The van der Waals surface area contributed by atoms with Gasteiger partial charge in [0.2, 0.25) is 10.0 Å².